The van der Waals surface area contributed by atoms with E-state index < -0.39 is 0 Å². The maximum absolute atomic E-state index is 5.79. The maximum Gasteiger partial charge on any atom is 0.127 e. The van der Waals surface area contributed by atoms with Crippen molar-refractivity contribution in [1.82, 2.24) is 4.57 Å². The summed E-state index contributed by atoms with van der Waals surface area (Å²) in [4.78, 5) is 4.46. The molecule has 0 atom stereocenters. The van der Waals surface area contributed by atoms with E-state index in [4.69, 9.17) is 9.47 Å². The number of nitrogens with zero attached hydrogens (tertiary/aromatic N) is 2. The van der Waals surface area contributed by atoms with Crippen molar-refractivity contribution in [2.45, 2.75) is 0 Å². The summed E-state index contributed by atoms with van der Waals surface area (Å²) in [6, 6.07) is 19.2. The normalized spacial score (nSPS) is 10.9. The molecule has 0 unspecified atom stereocenters. The molecule has 116 valence electrons. The van der Waals surface area contributed by atoms with Crippen LogP contribution < -0.4 is 9.47 Å². The largest absolute Gasteiger partial charge is 0.497 e. The molecule has 0 fully saturated rings. The summed E-state index contributed by atoms with van der Waals surface area (Å²) >= 11 is 0. The molecule has 0 radical (unpaired) electrons. The Morgan fingerprint density at radius 2 is 1.48 bits per heavy atom. The molecule has 3 aromatic rings. The minimum atomic E-state index is 0.769. The molecule has 23 heavy (non-hydrogen) atoms. The smallest absolute Gasteiger partial charge is 0.127 e. The average Bonchev–Trinajstić information content (AvgIpc) is 3.00. The fourth-order valence-corrected chi connectivity index (χ4v) is 2.13. The van der Waals surface area contributed by atoms with Crippen molar-refractivity contribution in [2.24, 2.45) is 12.0 Å². The number of methoxy groups -OCH3 is 1. The summed E-state index contributed by atoms with van der Waals surface area (Å²) in [5.74, 6) is 2.35. The number of ether oxygens (including phenoxy) is 2. The first kappa shape index (κ1) is 14.9. The Morgan fingerprint density at radius 1 is 0.870 bits per heavy atom. The van der Waals surface area contributed by atoms with Gasteiger partial charge in [0.2, 0.25) is 0 Å². The van der Waals surface area contributed by atoms with Gasteiger partial charge >= 0.3 is 0 Å². The molecule has 0 bridgehead atoms. The second-order valence-corrected chi connectivity index (χ2v) is 5.07. The zero-order valence-electron chi connectivity index (χ0n) is 13.1. The van der Waals surface area contributed by atoms with E-state index >= 15 is 0 Å². The lowest BCUT2D eigenvalue weighted by Gasteiger charge is -2.06. The molecule has 3 rings (SSSR count). The molecule has 0 saturated carbocycles. The quantitative estimate of drug-likeness (QED) is 0.647. The lowest BCUT2D eigenvalue weighted by atomic mass is 10.3. The van der Waals surface area contributed by atoms with Crippen LogP contribution in [0.2, 0.25) is 0 Å². The van der Waals surface area contributed by atoms with Crippen molar-refractivity contribution in [3.8, 4) is 17.2 Å². The van der Waals surface area contributed by atoms with Crippen LogP contribution in [0, 0.1) is 0 Å². The highest BCUT2D eigenvalue weighted by Crippen LogP contribution is 2.25. The van der Waals surface area contributed by atoms with Gasteiger partial charge in [0.15, 0.2) is 0 Å². The molecule has 4 heteroatoms. The molecular weight excluding hydrogens is 288 g/mol. The van der Waals surface area contributed by atoms with Gasteiger partial charge in [-0.15, -0.1) is 0 Å². The van der Waals surface area contributed by atoms with Crippen molar-refractivity contribution in [3.63, 3.8) is 0 Å². The summed E-state index contributed by atoms with van der Waals surface area (Å²) in [6.45, 7) is 0. The van der Waals surface area contributed by atoms with Gasteiger partial charge in [0.25, 0.3) is 0 Å². The van der Waals surface area contributed by atoms with E-state index in [0.29, 0.717) is 0 Å². The highest BCUT2D eigenvalue weighted by atomic mass is 16.5. The van der Waals surface area contributed by atoms with Gasteiger partial charge in [0.05, 0.1) is 24.7 Å². The Hall–Kier alpha value is -3.01. The number of benzene rings is 2. The van der Waals surface area contributed by atoms with E-state index in [1.54, 1.807) is 7.11 Å². The number of aliphatic imine (C=N–C) groups is 1. The van der Waals surface area contributed by atoms with E-state index in [2.05, 4.69) is 4.99 Å². The molecule has 1 aromatic heterocycles. The van der Waals surface area contributed by atoms with E-state index in [1.807, 2.05) is 84.7 Å². The lowest BCUT2D eigenvalue weighted by Crippen LogP contribution is -1.91. The van der Waals surface area contributed by atoms with Crippen molar-refractivity contribution in [3.05, 3.63) is 72.6 Å². The minimum Gasteiger partial charge on any atom is -0.497 e. The SMILES string of the molecule is COc1ccc(Oc2ccc(N=Cc3cccn3C)cc2)cc1. The van der Waals surface area contributed by atoms with E-state index in [9.17, 15) is 0 Å². The second kappa shape index (κ2) is 6.83. The Bertz CT molecular complexity index is 787. The Balaban J connectivity index is 1.66. The fourth-order valence-electron chi connectivity index (χ4n) is 2.13. The molecule has 1 heterocycles. The monoisotopic (exact) mass is 306 g/mol. The van der Waals surface area contributed by atoms with Crippen molar-refractivity contribution < 1.29 is 9.47 Å². The number of aromatic nitrogens is 1. The summed E-state index contributed by atoms with van der Waals surface area (Å²) < 4.78 is 12.9. The zero-order valence-corrected chi connectivity index (χ0v) is 13.1. The van der Waals surface area contributed by atoms with Crippen LogP contribution in [-0.2, 0) is 7.05 Å². The zero-order chi connectivity index (χ0) is 16.1. The van der Waals surface area contributed by atoms with Crippen molar-refractivity contribution >= 4 is 11.9 Å². The molecule has 0 amide bonds. The topological polar surface area (TPSA) is 35.8 Å². The maximum atomic E-state index is 5.79. The summed E-state index contributed by atoms with van der Waals surface area (Å²) in [7, 11) is 3.64. The van der Waals surface area contributed by atoms with E-state index in [0.717, 1.165) is 28.6 Å². The molecule has 0 saturated heterocycles. The van der Waals surface area contributed by atoms with Gasteiger partial charge in [-0.1, -0.05) is 0 Å². The van der Waals surface area contributed by atoms with Crippen LogP contribution in [0.25, 0.3) is 0 Å². The van der Waals surface area contributed by atoms with Crippen LogP contribution in [0.1, 0.15) is 5.69 Å². The number of aryl methyl sites for hydroxylation is 1. The molecule has 4 nitrogen and oxygen atoms in total. The van der Waals surface area contributed by atoms with Gasteiger partial charge in [-0.25, -0.2) is 0 Å². The van der Waals surface area contributed by atoms with Gasteiger partial charge in [-0.3, -0.25) is 4.99 Å². The van der Waals surface area contributed by atoms with Crippen LogP contribution in [-0.4, -0.2) is 17.9 Å². The van der Waals surface area contributed by atoms with Crippen LogP contribution in [0.4, 0.5) is 5.69 Å². The third-order valence-corrected chi connectivity index (χ3v) is 3.46. The molecule has 0 aliphatic rings. The fraction of sp³-hybridized carbons (Fsp3) is 0.105. The highest BCUT2D eigenvalue weighted by molar-refractivity contribution is 5.80. The van der Waals surface area contributed by atoms with Gasteiger partial charge in [0, 0.05) is 13.2 Å². The number of hydrogen-bond donors (Lipinski definition) is 0. The van der Waals surface area contributed by atoms with Gasteiger partial charge in [0.1, 0.15) is 17.2 Å². The Morgan fingerprint density at radius 3 is 2.04 bits per heavy atom. The van der Waals surface area contributed by atoms with Gasteiger partial charge in [-0.05, 0) is 60.7 Å². The predicted octanol–water partition coefficient (Wildman–Crippen LogP) is 4.58. The summed E-state index contributed by atoms with van der Waals surface area (Å²) in [5.41, 5.74) is 1.94. The Labute approximate surface area is 135 Å². The predicted molar refractivity (Wildman–Crippen MR) is 92.2 cm³/mol. The van der Waals surface area contributed by atoms with Crippen LogP contribution >= 0.6 is 0 Å². The average molecular weight is 306 g/mol. The first-order valence-corrected chi connectivity index (χ1v) is 7.32. The summed E-state index contributed by atoms with van der Waals surface area (Å²) in [6.07, 6.45) is 3.84. The summed E-state index contributed by atoms with van der Waals surface area (Å²) in [5, 5.41) is 0. The Kier molecular flexibility index (Phi) is 4.43. The first-order chi connectivity index (χ1) is 11.2. The first-order valence-electron chi connectivity index (χ1n) is 7.32. The van der Waals surface area contributed by atoms with Crippen LogP contribution in [0.3, 0.4) is 0 Å². The second-order valence-electron chi connectivity index (χ2n) is 5.07. The molecule has 2 aromatic carbocycles. The number of hydrogen-bond acceptors (Lipinski definition) is 3. The van der Waals surface area contributed by atoms with E-state index in [-0.39, 0.29) is 0 Å². The molecule has 0 spiro atoms. The molecule has 0 aliphatic carbocycles. The number of rotatable bonds is 5. The van der Waals surface area contributed by atoms with Crippen LogP contribution in [0.5, 0.6) is 17.2 Å². The highest BCUT2D eigenvalue weighted by Gasteiger charge is 1.99. The van der Waals surface area contributed by atoms with Crippen molar-refractivity contribution in [1.29, 1.82) is 0 Å². The molecular formula is C19H18N2O2. The lowest BCUT2D eigenvalue weighted by molar-refractivity contribution is 0.413. The molecule has 0 aliphatic heterocycles. The third kappa shape index (κ3) is 3.80. The molecule has 0 N–H and O–H groups in total. The van der Waals surface area contributed by atoms with E-state index in [1.165, 1.54) is 0 Å². The van der Waals surface area contributed by atoms with Gasteiger partial charge in [-0.2, -0.15) is 0 Å². The van der Waals surface area contributed by atoms with Crippen molar-refractivity contribution in [2.75, 3.05) is 7.11 Å². The minimum absolute atomic E-state index is 0.769. The van der Waals surface area contributed by atoms with Crippen LogP contribution in [0.15, 0.2) is 71.9 Å². The third-order valence-electron chi connectivity index (χ3n) is 3.46. The standard InChI is InChI=1S/C19H18N2O2/c1-21-13-3-4-16(21)14-20-15-5-7-18(8-6-15)23-19-11-9-17(22-2)10-12-19/h3-14H,1-2H3. The van der Waals surface area contributed by atoms with Gasteiger partial charge < -0.3 is 14.0 Å².